The van der Waals surface area contributed by atoms with E-state index >= 15 is 0 Å². The van der Waals surface area contributed by atoms with Crippen molar-refractivity contribution in [3.8, 4) is 28.5 Å². The van der Waals surface area contributed by atoms with Crippen LogP contribution in [0.3, 0.4) is 0 Å². The van der Waals surface area contributed by atoms with Crippen molar-refractivity contribution in [3.63, 3.8) is 0 Å². The molecule has 0 aliphatic carbocycles. The first-order chi connectivity index (χ1) is 17.4. The fourth-order valence-electron chi connectivity index (χ4n) is 5.03. The first-order valence-corrected chi connectivity index (χ1v) is 12.2. The van der Waals surface area contributed by atoms with Gasteiger partial charge in [-0.3, -0.25) is 4.79 Å². The number of rotatable bonds is 5. The minimum atomic E-state index is -0.0924. The summed E-state index contributed by atoms with van der Waals surface area (Å²) in [6.45, 7) is 4.64. The molecule has 0 bridgehead atoms. The minimum absolute atomic E-state index is 0.0924. The summed E-state index contributed by atoms with van der Waals surface area (Å²) in [5.74, 6) is -0.0924. The first kappa shape index (κ1) is 23.7. The second-order valence-electron chi connectivity index (χ2n) is 9.71. The Morgan fingerprint density at radius 1 is 1.17 bits per heavy atom. The second kappa shape index (κ2) is 9.56. The fraction of sp³-hybridized carbons (Fsp3) is 0.310. The Labute approximate surface area is 211 Å². The normalized spacial score (nSPS) is 13.4. The Balaban J connectivity index is 1.50. The number of carbonyl (C=O) groups excluding carboxylic acids is 1. The van der Waals surface area contributed by atoms with Crippen LogP contribution < -0.4 is 0 Å². The van der Waals surface area contributed by atoms with Gasteiger partial charge in [0.1, 0.15) is 5.52 Å². The topological polar surface area (TPSA) is 78.0 Å². The molecule has 7 heteroatoms. The minimum Gasteiger partial charge on any atom is -0.341 e. The largest absolute Gasteiger partial charge is 0.341 e. The number of carbonyl (C=O) groups is 1. The molecule has 0 fully saturated rings. The standard InChI is InChI=1S/C29H30N6O/c1-19-14-22(15-23-17-33(2)13-10-24(19)23)26-16-31-28-27(32-26)25(18-35(28)4)20-6-8-21(9-7-20)29(36)34(3)12-5-11-30/h6-9,14-16,18H,5,10,12-13,17H2,1-4H3. The molecule has 0 unspecified atom stereocenters. The van der Waals surface area contributed by atoms with Crippen LogP contribution in [0.15, 0.2) is 48.8 Å². The third-order valence-electron chi connectivity index (χ3n) is 7.06. The van der Waals surface area contributed by atoms with Gasteiger partial charge in [0, 0.05) is 56.6 Å². The highest BCUT2D eigenvalue weighted by Crippen LogP contribution is 2.32. The Kier molecular flexibility index (Phi) is 6.29. The van der Waals surface area contributed by atoms with Gasteiger partial charge in [-0.15, -0.1) is 0 Å². The lowest BCUT2D eigenvalue weighted by Crippen LogP contribution is -2.27. The number of aromatic nitrogens is 3. The van der Waals surface area contributed by atoms with E-state index < -0.39 is 0 Å². The predicted octanol–water partition coefficient (Wildman–Crippen LogP) is 4.58. The van der Waals surface area contributed by atoms with Crippen LogP contribution >= 0.6 is 0 Å². The van der Waals surface area contributed by atoms with Gasteiger partial charge in [-0.05, 0) is 66.9 Å². The maximum Gasteiger partial charge on any atom is 0.253 e. The van der Waals surface area contributed by atoms with Crippen molar-refractivity contribution in [1.82, 2.24) is 24.3 Å². The number of hydrogen-bond acceptors (Lipinski definition) is 5. The van der Waals surface area contributed by atoms with E-state index in [2.05, 4.69) is 37.1 Å². The zero-order valence-electron chi connectivity index (χ0n) is 21.2. The zero-order valence-corrected chi connectivity index (χ0v) is 21.2. The van der Waals surface area contributed by atoms with Gasteiger partial charge in [0.2, 0.25) is 0 Å². The van der Waals surface area contributed by atoms with Crippen LogP contribution in [0.5, 0.6) is 0 Å². The Morgan fingerprint density at radius 3 is 2.69 bits per heavy atom. The summed E-state index contributed by atoms with van der Waals surface area (Å²) < 4.78 is 1.99. The lowest BCUT2D eigenvalue weighted by Gasteiger charge is -2.27. The number of likely N-dealkylation sites (N-methyl/N-ethyl adjacent to an activating group) is 1. The van der Waals surface area contributed by atoms with Crippen molar-refractivity contribution >= 4 is 17.1 Å². The van der Waals surface area contributed by atoms with E-state index in [9.17, 15) is 4.79 Å². The van der Waals surface area contributed by atoms with Crippen molar-refractivity contribution in [3.05, 3.63) is 71.0 Å². The molecule has 182 valence electrons. The van der Waals surface area contributed by atoms with E-state index in [0.29, 0.717) is 18.5 Å². The van der Waals surface area contributed by atoms with Crippen molar-refractivity contribution < 1.29 is 4.79 Å². The number of amides is 1. The van der Waals surface area contributed by atoms with E-state index in [0.717, 1.165) is 53.1 Å². The third-order valence-corrected chi connectivity index (χ3v) is 7.06. The van der Waals surface area contributed by atoms with Gasteiger partial charge < -0.3 is 14.4 Å². The van der Waals surface area contributed by atoms with Crippen LogP contribution in [0.25, 0.3) is 33.5 Å². The van der Waals surface area contributed by atoms with Crippen molar-refractivity contribution in [1.29, 1.82) is 5.26 Å². The number of benzene rings is 2. The summed E-state index contributed by atoms with van der Waals surface area (Å²) in [6.07, 6.45) is 5.30. The quantitative estimate of drug-likeness (QED) is 0.419. The second-order valence-corrected chi connectivity index (χ2v) is 9.71. The van der Waals surface area contributed by atoms with Gasteiger partial charge >= 0.3 is 0 Å². The molecule has 1 amide bonds. The lowest BCUT2D eigenvalue weighted by atomic mass is 9.92. The van der Waals surface area contributed by atoms with Crippen LogP contribution in [-0.4, -0.2) is 57.4 Å². The van der Waals surface area contributed by atoms with Gasteiger partial charge in [-0.25, -0.2) is 9.97 Å². The summed E-state index contributed by atoms with van der Waals surface area (Å²) in [4.78, 5) is 26.4. The zero-order chi connectivity index (χ0) is 25.4. The van der Waals surface area contributed by atoms with Gasteiger partial charge in [-0.2, -0.15) is 5.26 Å². The lowest BCUT2D eigenvalue weighted by molar-refractivity contribution is 0.0798. The van der Waals surface area contributed by atoms with Gasteiger partial charge in [0.15, 0.2) is 5.65 Å². The molecule has 1 aliphatic rings. The molecular formula is C29H30N6O. The Morgan fingerprint density at radius 2 is 1.94 bits per heavy atom. The molecule has 4 aromatic rings. The molecule has 0 atom stereocenters. The third kappa shape index (κ3) is 4.36. The number of nitriles is 1. The molecule has 0 radical (unpaired) electrons. The molecule has 36 heavy (non-hydrogen) atoms. The van der Waals surface area contributed by atoms with Crippen molar-refractivity contribution in [2.75, 3.05) is 27.2 Å². The van der Waals surface area contributed by atoms with Crippen LogP contribution in [0.1, 0.15) is 33.5 Å². The SMILES string of the molecule is Cc1cc(-c2cnc3c(n2)c(-c2ccc(C(=O)N(C)CCC#N)cc2)cn3C)cc2c1CCN(C)C2. The van der Waals surface area contributed by atoms with E-state index in [-0.39, 0.29) is 5.91 Å². The fourth-order valence-corrected chi connectivity index (χ4v) is 5.03. The monoisotopic (exact) mass is 478 g/mol. The molecule has 5 rings (SSSR count). The predicted molar refractivity (Wildman–Crippen MR) is 141 cm³/mol. The maximum absolute atomic E-state index is 12.7. The summed E-state index contributed by atoms with van der Waals surface area (Å²) in [6, 6.07) is 14.1. The van der Waals surface area contributed by atoms with E-state index in [1.165, 1.54) is 16.7 Å². The van der Waals surface area contributed by atoms with E-state index in [1.54, 1.807) is 11.9 Å². The molecule has 0 N–H and O–H groups in total. The van der Waals surface area contributed by atoms with Crippen LogP contribution in [-0.2, 0) is 20.0 Å². The van der Waals surface area contributed by atoms with Crippen LogP contribution in [0.2, 0.25) is 0 Å². The molecule has 7 nitrogen and oxygen atoms in total. The number of aryl methyl sites for hydroxylation is 2. The number of fused-ring (bicyclic) bond motifs is 2. The Hall–Kier alpha value is -4.02. The van der Waals surface area contributed by atoms with E-state index in [4.69, 9.17) is 15.2 Å². The smallest absolute Gasteiger partial charge is 0.253 e. The molecule has 3 heterocycles. The summed E-state index contributed by atoms with van der Waals surface area (Å²) >= 11 is 0. The van der Waals surface area contributed by atoms with Gasteiger partial charge in [0.05, 0.1) is 24.4 Å². The average Bonchev–Trinajstić information content (AvgIpc) is 3.22. The average molecular weight is 479 g/mol. The Bertz CT molecular complexity index is 1500. The summed E-state index contributed by atoms with van der Waals surface area (Å²) in [5.41, 5.74) is 10.3. The molecule has 0 saturated carbocycles. The number of nitrogens with zero attached hydrogens (tertiary/aromatic N) is 6. The first-order valence-electron chi connectivity index (χ1n) is 12.2. The highest BCUT2D eigenvalue weighted by atomic mass is 16.2. The molecule has 0 saturated heterocycles. The summed E-state index contributed by atoms with van der Waals surface area (Å²) in [5, 5.41) is 8.78. The molecule has 0 spiro atoms. The number of hydrogen-bond donors (Lipinski definition) is 0. The maximum atomic E-state index is 12.7. The molecule has 2 aromatic heterocycles. The van der Waals surface area contributed by atoms with Gasteiger partial charge in [0.25, 0.3) is 5.91 Å². The highest BCUT2D eigenvalue weighted by Gasteiger charge is 2.19. The van der Waals surface area contributed by atoms with Crippen LogP contribution in [0, 0.1) is 18.3 Å². The van der Waals surface area contributed by atoms with Crippen LogP contribution in [0.4, 0.5) is 0 Å². The van der Waals surface area contributed by atoms with E-state index in [1.807, 2.05) is 48.3 Å². The highest BCUT2D eigenvalue weighted by molar-refractivity contribution is 5.96. The summed E-state index contributed by atoms with van der Waals surface area (Å²) in [7, 11) is 5.85. The van der Waals surface area contributed by atoms with Crippen molar-refractivity contribution in [2.24, 2.45) is 7.05 Å². The molecule has 2 aromatic carbocycles. The molecule has 1 aliphatic heterocycles. The molecular weight excluding hydrogens is 448 g/mol. The van der Waals surface area contributed by atoms with Gasteiger partial charge in [-0.1, -0.05) is 12.1 Å². The van der Waals surface area contributed by atoms with Crippen molar-refractivity contribution in [2.45, 2.75) is 26.3 Å².